The van der Waals surface area contributed by atoms with Crippen molar-refractivity contribution in [2.45, 2.75) is 5.92 Å². The quantitative estimate of drug-likeness (QED) is 0.638. The van der Waals surface area contributed by atoms with Crippen LogP contribution in [0, 0.1) is 17.1 Å². The molecule has 9 heteroatoms. The Hall–Kier alpha value is -3.38. The van der Waals surface area contributed by atoms with E-state index in [1.54, 1.807) is 13.1 Å². The molecule has 0 saturated carbocycles. The fraction of sp³-hybridized carbons (Fsp3) is 0.118. The summed E-state index contributed by atoms with van der Waals surface area (Å²) < 4.78 is 20.0. The van der Waals surface area contributed by atoms with Crippen LogP contribution >= 0.6 is 11.3 Å². The van der Waals surface area contributed by atoms with Crippen molar-refractivity contribution in [3.8, 4) is 11.8 Å². The van der Waals surface area contributed by atoms with Crippen LogP contribution in [0.1, 0.15) is 17.0 Å². The van der Waals surface area contributed by atoms with Gasteiger partial charge in [-0.1, -0.05) is 23.5 Å². The fourth-order valence-corrected chi connectivity index (χ4v) is 3.89. The molecule has 130 valence electrons. The zero-order valence-electron chi connectivity index (χ0n) is 13.5. The van der Waals surface area contributed by atoms with Crippen LogP contribution in [0.2, 0.25) is 0 Å². The Balaban J connectivity index is 2.07. The maximum Gasteiger partial charge on any atom is 0.257 e. The van der Waals surface area contributed by atoms with Crippen LogP contribution in [-0.4, -0.2) is 17.0 Å². The number of hydrogen-bond donors (Lipinski definition) is 3. The number of pyridine rings is 1. The van der Waals surface area contributed by atoms with Gasteiger partial charge in [0, 0.05) is 7.05 Å². The molecule has 3 heterocycles. The number of hydrogen-bond acceptors (Lipinski definition) is 7. The Morgan fingerprint density at radius 1 is 1.50 bits per heavy atom. The fourth-order valence-electron chi connectivity index (χ4n) is 3.02. The summed E-state index contributed by atoms with van der Waals surface area (Å²) in [5, 5.41) is 13.0. The topological polar surface area (TPSA) is 117 Å². The highest BCUT2D eigenvalue weighted by Crippen LogP contribution is 2.44. The van der Waals surface area contributed by atoms with E-state index in [1.807, 2.05) is 6.07 Å². The van der Waals surface area contributed by atoms with E-state index in [1.165, 1.54) is 29.5 Å². The summed E-state index contributed by atoms with van der Waals surface area (Å²) in [4.78, 5) is 19.7. The minimum Gasteiger partial charge on any atom is -0.438 e. The molecule has 0 bridgehead atoms. The van der Waals surface area contributed by atoms with Crippen molar-refractivity contribution in [2.75, 3.05) is 12.4 Å². The first-order valence-electron chi connectivity index (χ1n) is 7.61. The number of allylic oxidation sites excluding steroid dienone is 1. The number of aromatic nitrogens is 2. The SMILES string of the molecule is CNc1nc2[nH]c(=O)c3c(c2s1)OC(N)=C(C#N)[C@@H]3c1cccc(F)c1. The van der Waals surface area contributed by atoms with Gasteiger partial charge in [-0.05, 0) is 17.7 Å². The smallest absolute Gasteiger partial charge is 0.257 e. The summed E-state index contributed by atoms with van der Waals surface area (Å²) >= 11 is 1.28. The van der Waals surface area contributed by atoms with E-state index in [0.717, 1.165) is 0 Å². The first kappa shape index (κ1) is 16.1. The number of rotatable bonds is 2. The lowest BCUT2D eigenvalue weighted by molar-refractivity contribution is 0.397. The summed E-state index contributed by atoms with van der Waals surface area (Å²) in [7, 11) is 1.71. The maximum atomic E-state index is 13.8. The van der Waals surface area contributed by atoms with Crippen LogP contribution in [0.4, 0.5) is 9.52 Å². The molecule has 0 amide bonds. The number of nitrogens with two attached hydrogens (primary N) is 1. The van der Waals surface area contributed by atoms with Crippen LogP contribution in [-0.2, 0) is 0 Å². The number of anilines is 1. The Bertz CT molecular complexity index is 1170. The summed E-state index contributed by atoms with van der Waals surface area (Å²) in [6.07, 6.45) is 0. The second-order valence-corrected chi connectivity index (χ2v) is 6.62. The highest BCUT2D eigenvalue weighted by molar-refractivity contribution is 7.22. The van der Waals surface area contributed by atoms with Gasteiger partial charge in [0.1, 0.15) is 22.2 Å². The van der Waals surface area contributed by atoms with Crippen LogP contribution in [0.3, 0.4) is 0 Å². The van der Waals surface area contributed by atoms with E-state index in [2.05, 4.69) is 15.3 Å². The summed E-state index contributed by atoms with van der Waals surface area (Å²) in [6, 6.07) is 7.71. The lowest BCUT2D eigenvalue weighted by Crippen LogP contribution is -2.27. The molecule has 0 fully saturated rings. The van der Waals surface area contributed by atoms with Crippen LogP contribution in [0.15, 0.2) is 40.5 Å². The van der Waals surface area contributed by atoms with Gasteiger partial charge in [-0.3, -0.25) is 4.79 Å². The molecular formula is C17H12FN5O2S. The van der Waals surface area contributed by atoms with Gasteiger partial charge in [0.25, 0.3) is 5.56 Å². The van der Waals surface area contributed by atoms with E-state index in [4.69, 9.17) is 10.5 Å². The molecule has 0 saturated heterocycles. The Kier molecular flexibility index (Phi) is 3.63. The van der Waals surface area contributed by atoms with Gasteiger partial charge in [0.05, 0.1) is 11.5 Å². The summed E-state index contributed by atoms with van der Waals surface area (Å²) in [5.41, 5.74) is 6.55. The lowest BCUT2D eigenvalue weighted by atomic mass is 9.84. The number of thiazole rings is 1. The van der Waals surface area contributed by atoms with Gasteiger partial charge >= 0.3 is 0 Å². The van der Waals surface area contributed by atoms with Crippen LogP contribution < -0.4 is 21.3 Å². The van der Waals surface area contributed by atoms with Crippen LogP contribution in [0.5, 0.6) is 5.75 Å². The molecule has 7 nitrogen and oxygen atoms in total. The molecule has 2 aromatic heterocycles. The monoisotopic (exact) mass is 369 g/mol. The van der Waals surface area contributed by atoms with Gasteiger partial charge in [0.2, 0.25) is 5.88 Å². The van der Waals surface area contributed by atoms with Crippen molar-refractivity contribution in [1.82, 2.24) is 9.97 Å². The average molecular weight is 369 g/mol. The molecule has 0 radical (unpaired) electrons. The largest absolute Gasteiger partial charge is 0.438 e. The second kappa shape index (κ2) is 5.86. The first-order valence-corrected chi connectivity index (χ1v) is 8.42. The van der Waals surface area contributed by atoms with Crippen molar-refractivity contribution in [2.24, 2.45) is 5.73 Å². The highest BCUT2D eigenvalue weighted by Gasteiger charge is 2.35. The number of benzene rings is 1. The number of H-pyrrole nitrogens is 1. The van der Waals surface area contributed by atoms with Crippen molar-refractivity contribution >= 4 is 26.8 Å². The lowest BCUT2D eigenvalue weighted by Gasteiger charge is -2.25. The first-order chi connectivity index (χ1) is 12.5. The molecule has 0 aliphatic carbocycles. The van der Waals surface area contributed by atoms with Crippen molar-refractivity contribution in [3.05, 3.63) is 63.0 Å². The zero-order chi connectivity index (χ0) is 18.4. The van der Waals surface area contributed by atoms with Crippen molar-refractivity contribution in [1.29, 1.82) is 5.26 Å². The number of nitrogens with zero attached hydrogens (tertiary/aromatic N) is 2. The number of aromatic amines is 1. The van der Waals surface area contributed by atoms with Gasteiger partial charge in [-0.2, -0.15) is 5.26 Å². The normalized spacial score (nSPS) is 16.1. The Morgan fingerprint density at radius 2 is 2.31 bits per heavy atom. The number of ether oxygens (including phenoxy) is 1. The number of nitrogens with one attached hydrogen (secondary N) is 2. The third kappa shape index (κ3) is 2.31. The van der Waals surface area contributed by atoms with Crippen LogP contribution in [0.25, 0.3) is 10.3 Å². The van der Waals surface area contributed by atoms with E-state index < -0.39 is 17.3 Å². The van der Waals surface area contributed by atoms with E-state index in [-0.39, 0.29) is 22.8 Å². The molecule has 1 atom stereocenters. The van der Waals surface area contributed by atoms with Gasteiger partial charge in [-0.25, -0.2) is 9.37 Å². The molecule has 1 aliphatic heterocycles. The van der Waals surface area contributed by atoms with Crippen molar-refractivity contribution < 1.29 is 9.13 Å². The van der Waals surface area contributed by atoms with Crippen molar-refractivity contribution in [3.63, 3.8) is 0 Å². The molecule has 1 aliphatic rings. The standard InChI is InChI=1S/C17H12FN5O2S/c1-21-17-23-15-13(26-17)12-11(16(24)22-15)10(9(6-19)14(20)25-12)7-3-2-4-8(18)5-7/h2-5,10H,20H2,1H3,(H2,21,22,23,24)/t10-/m0/s1. The van der Waals surface area contributed by atoms with E-state index >= 15 is 0 Å². The molecule has 0 unspecified atom stereocenters. The summed E-state index contributed by atoms with van der Waals surface area (Å²) in [5.74, 6) is -1.17. The minimum atomic E-state index is -0.826. The molecular weight excluding hydrogens is 357 g/mol. The minimum absolute atomic E-state index is 0.0614. The van der Waals surface area contributed by atoms with E-state index in [9.17, 15) is 14.4 Å². The third-order valence-electron chi connectivity index (χ3n) is 4.13. The Morgan fingerprint density at radius 3 is 3.00 bits per heavy atom. The third-order valence-corrected chi connectivity index (χ3v) is 5.20. The van der Waals surface area contributed by atoms with Gasteiger partial charge in [-0.15, -0.1) is 0 Å². The summed E-state index contributed by atoms with van der Waals surface area (Å²) in [6.45, 7) is 0. The molecule has 3 aromatic rings. The average Bonchev–Trinajstić information content (AvgIpc) is 3.04. The molecule has 4 N–H and O–H groups in total. The van der Waals surface area contributed by atoms with Gasteiger partial charge < -0.3 is 20.8 Å². The molecule has 1 aromatic carbocycles. The predicted molar refractivity (Wildman–Crippen MR) is 95.5 cm³/mol. The highest BCUT2D eigenvalue weighted by atomic mass is 32.1. The number of nitriles is 1. The molecule has 26 heavy (non-hydrogen) atoms. The zero-order valence-corrected chi connectivity index (χ0v) is 14.3. The maximum absolute atomic E-state index is 13.8. The second-order valence-electron chi connectivity index (χ2n) is 5.62. The molecule has 0 spiro atoms. The molecule has 4 rings (SSSR count). The Labute approximate surface area is 150 Å². The number of fused-ring (bicyclic) bond motifs is 3. The van der Waals surface area contributed by atoms with Gasteiger partial charge in [0.15, 0.2) is 16.5 Å². The predicted octanol–water partition coefficient (Wildman–Crippen LogP) is 2.38. The number of halogens is 1. The van der Waals surface area contributed by atoms with E-state index in [0.29, 0.717) is 21.0 Å².